The second-order valence-corrected chi connectivity index (χ2v) is 16.8. The first-order valence-corrected chi connectivity index (χ1v) is 22.7. The molecule has 0 aromatic heterocycles. The van der Waals surface area contributed by atoms with E-state index in [1.54, 1.807) is 0 Å². The van der Waals surface area contributed by atoms with Crippen molar-refractivity contribution >= 4 is 47.0 Å². The average Bonchev–Trinajstić information content (AvgIpc) is 3.37. The summed E-state index contributed by atoms with van der Waals surface area (Å²) < 4.78 is 159. The minimum absolute atomic E-state index is 0.00624. The van der Waals surface area contributed by atoms with Crippen LogP contribution in [-0.2, 0) is 9.59 Å². The predicted molar refractivity (Wildman–Crippen MR) is 258 cm³/mol. The molecule has 5 aromatic rings. The molecule has 0 spiro atoms. The standard InChI is InChI=1S/C53H48F10N2O12/c1-72-44-27-31(6-20-42(44)76-47(68)33-9-15-37(16-10-33)74-25-3-23-49(54,55)52(58,59)60)5-14-36(66)30-40(39-19-13-35(64)29-41(39)65)51(70,71)46(67)22-8-32-7-21-43(45(28-32)73-2)77-48(69)34-11-17-38(18-12-34)75-26-4-24-50(56,57)53(61,62)63/h5-22,27-29,40,70-71H,3-4,23-26,30,64-65H2,1-2H3. The zero-order valence-electron chi connectivity index (χ0n) is 40.6. The van der Waals surface area contributed by atoms with Gasteiger partial charge in [-0.15, -0.1) is 0 Å². The minimum Gasteiger partial charge on any atom is -0.494 e. The molecule has 0 fully saturated rings. The number of aliphatic hydroxyl groups is 2. The lowest BCUT2D eigenvalue weighted by Crippen LogP contribution is -2.44. The molecule has 0 saturated heterocycles. The Morgan fingerprint density at radius 2 is 0.987 bits per heavy atom. The third kappa shape index (κ3) is 16.2. The Kier molecular flexibility index (Phi) is 19.5. The topological polar surface area (TPSA) is 216 Å². The van der Waals surface area contributed by atoms with Crippen LogP contribution in [0.4, 0.5) is 55.3 Å². The van der Waals surface area contributed by atoms with Gasteiger partial charge in [0.05, 0.1) is 44.5 Å². The summed E-state index contributed by atoms with van der Waals surface area (Å²) in [6, 6.07) is 22.4. The number of allylic oxidation sites excluding steroid dienone is 1. The van der Waals surface area contributed by atoms with Gasteiger partial charge in [0, 0.05) is 30.6 Å². The molecule has 5 aromatic carbocycles. The molecule has 412 valence electrons. The lowest BCUT2D eigenvalue weighted by Gasteiger charge is -2.30. The van der Waals surface area contributed by atoms with Gasteiger partial charge >= 0.3 is 36.1 Å². The van der Waals surface area contributed by atoms with E-state index in [0.717, 1.165) is 12.2 Å². The van der Waals surface area contributed by atoms with Crippen LogP contribution in [0, 0.1) is 0 Å². The lowest BCUT2D eigenvalue weighted by atomic mass is 9.82. The number of carbonyl (C=O) groups excluding carboxylic acids is 4. The number of ether oxygens (including phenoxy) is 6. The first-order valence-electron chi connectivity index (χ1n) is 22.7. The quantitative estimate of drug-likeness (QED) is 0.00814. The zero-order chi connectivity index (χ0) is 56.9. The summed E-state index contributed by atoms with van der Waals surface area (Å²) in [5, 5.41) is 22.9. The van der Waals surface area contributed by atoms with Gasteiger partial charge in [0.1, 0.15) is 11.5 Å². The number of methoxy groups -OCH3 is 2. The Bertz CT molecular complexity index is 2940. The summed E-state index contributed by atoms with van der Waals surface area (Å²) in [5.41, 5.74) is 12.7. The highest BCUT2D eigenvalue weighted by Gasteiger charge is 2.57. The van der Waals surface area contributed by atoms with Crippen LogP contribution in [-0.4, -0.2) is 91.1 Å². The number of carbonyl (C=O) groups is 4. The van der Waals surface area contributed by atoms with Crippen molar-refractivity contribution < 1.29 is 102 Å². The summed E-state index contributed by atoms with van der Waals surface area (Å²) in [6.45, 7) is -0.906. The van der Waals surface area contributed by atoms with Crippen molar-refractivity contribution in [3.8, 4) is 34.5 Å². The van der Waals surface area contributed by atoms with Gasteiger partial charge < -0.3 is 50.1 Å². The number of alkyl halides is 10. The molecule has 0 amide bonds. The van der Waals surface area contributed by atoms with Crippen LogP contribution in [0.1, 0.15) is 75.4 Å². The molecule has 0 heterocycles. The summed E-state index contributed by atoms with van der Waals surface area (Å²) in [7, 11) is 2.51. The van der Waals surface area contributed by atoms with Crippen molar-refractivity contribution in [3.05, 3.63) is 143 Å². The number of esters is 2. The highest BCUT2D eigenvalue weighted by Crippen LogP contribution is 2.41. The average molecular weight is 1090 g/mol. The van der Waals surface area contributed by atoms with Crippen molar-refractivity contribution in [1.82, 2.24) is 0 Å². The van der Waals surface area contributed by atoms with Crippen LogP contribution >= 0.6 is 0 Å². The third-order valence-electron chi connectivity index (χ3n) is 11.2. The second kappa shape index (κ2) is 25.1. The molecule has 1 unspecified atom stereocenters. The molecule has 0 bridgehead atoms. The molecule has 6 N–H and O–H groups in total. The number of hydrogen-bond acceptors (Lipinski definition) is 14. The summed E-state index contributed by atoms with van der Waals surface area (Å²) in [6.07, 6.45) is -11.8. The number of anilines is 2. The minimum atomic E-state index is -5.68. The molecule has 24 heteroatoms. The Morgan fingerprint density at radius 3 is 1.39 bits per heavy atom. The second-order valence-electron chi connectivity index (χ2n) is 16.8. The molecular weight excluding hydrogens is 1050 g/mol. The Hall–Kier alpha value is -8.12. The normalized spacial score (nSPS) is 12.8. The largest absolute Gasteiger partial charge is 0.494 e. The molecule has 0 aliphatic carbocycles. The SMILES string of the molecule is COc1cc(C=CC(=O)CC(c2ccc(N)cc2N)C(O)(O)C(=O)C=Cc2ccc(OC(=O)c3ccc(OCCCC(F)(F)C(F)(F)F)cc3)c(OC)c2)ccc1OC(=O)c1ccc(OCCCC(F)(F)C(F)(F)F)cc1. The van der Waals surface area contributed by atoms with E-state index in [0.29, 0.717) is 5.56 Å². The third-order valence-corrected chi connectivity index (χ3v) is 11.2. The van der Waals surface area contributed by atoms with Crippen LogP contribution in [0.5, 0.6) is 34.5 Å². The van der Waals surface area contributed by atoms with Crippen LogP contribution in [0.15, 0.2) is 115 Å². The fourth-order valence-electron chi connectivity index (χ4n) is 6.99. The fraction of sp³-hybridized carbons (Fsp3) is 0.283. The summed E-state index contributed by atoms with van der Waals surface area (Å²) >= 11 is 0. The molecule has 14 nitrogen and oxygen atoms in total. The van der Waals surface area contributed by atoms with Crippen molar-refractivity contribution in [1.29, 1.82) is 0 Å². The molecule has 1 atom stereocenters. The van der Waals surface area contributed by atoms with Crippen LogP contribution in [0.2, 0.25) is 0 Å². The van der Waals surface area contributed by atoms with Crippen molar-refractivity contribution in [2.24, 2.45) is 0 Å². The van der Waals surface area contributed by atoms with Crippen LogP contribution < -0.4 is 39.9 Å². The maximum Gasteiger partial charge on any atom is 0.453 e. The molecule has 77 heavy (non-hydrogen) atoms. The molecular formula is C53H48F10N2O12. The number of nitrogens with two attached hydrogens (primary N) is 2. The number of halogens is 10. The van der Waals surface area contributed by atoms with E-state index in [2.05, 4.69) is 0 Å². The highest BCUT2D eigenvalue weighted by molar-refractivity contribution is 6.01. The number of rotatable bonds is 25. The molecule has 0 radical (unpaired) electrons. The highest BCUT2D eigenvalue weighted by atomic mass is 19.4. The van der Waals surface area contributed by atoms with Gasteiger partial charge in [-0.25, -0.2) is 9.59 Å². The number of hydrogen-bond donors (Lipinski definition) is 4. The first kappa shape index (κ1) is 59.8. The molecule has 0 aliphatic heterocycles. The number of ketones is 2. The van der Waals surface area contributed by atoms with E-state index in [4.69, 9.17) is 39.9 Å². The van der Waals surface area contributed by atoms with Gasteiger partial charge in [-0.2, -0.15) is 43.9 Å². The summed E-state index contributed by atoms with van der Waals surface area (Å²) in [4.78, 5) is 53.0. The van der Waals surface area contributed by atoms with Crippen molar-refractivity contribution in [3.63, 3.8) is 0 Å². The first-order chi connectivity index (χ1) is 36.0. The van der Waals surface area contributed by atoms with Crippen molar-refractivity contribution in [2.45, 2.75) is 68.0 Å². The van der Waals surface area contributed by atoms with E-state index in [9.17, 15) is 73.3 Å². The van der Waals surface area contributed by atoms with E-state index >= 15 is 0 Å². The smallest absolute Gasteiger partial charge is 0.453 e. The van der Waals surface area contributed by atoms with Gasteiger partial charge in [0.15, 0.2) is 28.8 Å². The van der Waals surface area contributed by atoms with Gasteiger partial charge in [-0.1, -0.05) is 30.4 Å². The Morgan fingerprint density at radius 1 is 0.558 bits per heavy atom. The van der Waals surface area contributed by atoms with Crippen LogP contribution in [0.25, 0.3) is 12.2 Å². The number of nitrogen functional groups attached to an aromatic ring is 2. The maximum atomic E-state index is 13.6. The lowest BCUT2D eigenvalue weighted by molar-refractivity contribution is -0.284. The van der Waals surface area contributed by atoms with E-state index in [1.807, 2.05) is 0 Å². The molecule has 0 saturated carbocycles. The van der Waals surface area contributed by atoms with Gasteiger partial charge in [0.2, 0.25) is 11.6 Å². The summed E-state index contributed by atoms with van der Waals surface area (Å²) in [5.74, 6) is -18.4. The Labute approximate surface area is 432 Å². The fourth-order valence-corrected chi connectivity index (χ4v) is 6.99. The maximum absolute atomic E-state index is 13.6. The number of benzene rings is 5. The van der Waals surface area contributed by atoms with Gasteiger partial charge in [-0.3, -0.25) is 9.59 Å². The molecule has 0 aliphatic rings. The Balaban J connectivity index is 1.21. The van der Waals surface area contributed by atoms with E-state index < -0.39 is 105 Å². The van der Waals surface area contributed by atoms with Gasteiger partial charge in [-0.05, 0) is 127 Å². The van der Waals surface area contributed by atoms with E-state index in [-0.39, 0.29) is 68.1 Å². The molecule has 5 rings (SSSR count). The zero-order valence-corrected chi connectivity index (χ0v) is 40.6. The predicted octanol–water partition coefficient (Wildman–Crippen LogP) is 10.7. The van der Waals surface area contributed by atoms with Crippen LogP contribution in [0.3, 0.4) is 0 Å². The van der Waals surface area contributed by atoms with Crippen molar-refractivity contribution in [2.75, 3.05) is 38.9 Å². The van der Waals surface area contributed by atoms with E-state index in [1.165, 1.54) is 129 Å². The monoisotopic (exact) mass is 1090 g/mol. The van der Waals surface area contributed by atoms with Gasteiger partial charge in [0.25, 0.3) is 0 Å².